The topological polar surface area (TPSA) is 65.1 Å². The molecular weight excluding hydrogens is 321 g/mol. The molecule has 2 rings (SSSR count). The first-order valence-electron chi connectivity index (χ1n) is 7.54. The molecule has 130 valence electrons. The lowest BCUT2D eigenvalue weighted by Gasteiger charge is -2.23. The van der Waals surface area contributed by atoms with Gasteiger partial charge in [0.2, 0.25) is 0 Å². The Hall–Kier alpha value is -2.28. The van der Waals surface area contributed by atoms with Crippen molar-refractivity contribution in [3.8, 4) is 0 Å². The number of benzene rings is 1. The number of carbonyl (C=O) groups is 1. The number of halogens is 3. The van der Waals surface area contributed by atoms with Gasteiger partial charge in [-0.05, 0) is 37.1 Å². The van der Waals surface area contributed by atoms with E-state index in [9.17, 15) is 23.1 Å². The summed E-state index contributed by atoms with van der Waals surface area (Å²) in [5, 5.41) is 13.1. The third kappa shape index (κ3) is 3.97. The number of aliphatic hydroxyl groups excluding tert-OH is 1. The number of alkyl halides is 3. The molecule has 0 unspecified atom stereocenters. The molecule has 0 radical (unpaired) electrons. The van der Waals surface area contributed by atoms with Crippen LogP contribution in [0.5, 0.6) is 0 Å². The van der Waals surface area contributed by atoms with Crippen LogP contribution in [-0.2, 0) is 6.18 Å². The molecule has 24 heavy (non-hydrogen) atoms. The van der Waals surface area contributed by atoms with Gasteiger partial charge in [0.1, 0.15) is 0 Å². The van der Waals surface area contributed by atoms with Crippen LogP contribution in [0.2, 0.25) is 0 Å². The lowest BCUT2D eigenvalue weighted by Crippen LogP contribution is -2.39. The molecular formula is C17H19F3N2O2. The highest BCUT2D eigenvalue weighted by atomic mass is 19.4. The Morgan fingerprint density at radius 3 is 2.33 bits per heavy atom. The van der Waals surface area contributed by atoms with Crippen molar-refractivity contribution < 1.29 is 23.1 Å². The van der Waals surface area contributed by atoms with Crippen LogP contribution < -0.4 is 5.32 Å². The predicted octanol–water partition coefficient (Wildman–Crippen LogP) is 3.58. The normalized spacial score (nSPS) is 14.2. The summed E-state index contributed by atoms with van der Waals surface area (Å²) in [4.78, 5) is 15.1. The maximum absolute atomic E-state index is 12.6. The molecule has 1 aromatic carbocycles. The molecule has 3 N–H and O–H groups in total. The Morgan fingerprint density at radius 1 is 1.25 bits per heavy atom. The second-order valence-corrected chi connectivity index (χ2v) is 5.57. The molecule has 0 saturated heterocycles. The van der Waals surface area contributed by atoms with Gasteiger partial charge in [0, 0.05) is 11.9 Å². The Bertz CT molecular complexity index is 693. The molecule has 1 aromatic heterocycles. The third-order valence-electron chi connectivity index (χ3n) is 3.92. The molecule has 1 heterocycles. The molecule has 0 aliphatic carbocycles. The van der Waals surface area contributed by atoms with Gasteiger partial charge in [-0.3, -0.25) is 4.79 Å². The van der Waals surface area contributed by atoms with E-state index in [1.807, 2.05) is 0 Å². The van der Waals surface area contributed by atoms with Crippen LogP contribution in [0.4, 0.5) is 13.2 Å². The Labute approximate surface area is 137 Å². The van der Waals surface area contributed by atoms with Crippen LogP contribution in [0, 0.1) is 6.92 Å². The van der Waals surface area contributed by atoms with Gasteiger partial charge in [0.15, 0.2) is 0 Å². The minimum Gasteiger partial charge on any atom is -0.386 e. The zero-order chi connectivity index (χ0) is 17.9. The Kier molecular flexibility index (Phi) is 5.33. The van der Waals surface area contributed by atoms with Crippen molar-refractivity contribution in [1.29, 1.82) is 0 Å². The quantitative estimate of drug-likeness (QED) is 0.779. The number of hydrogen-bond acceptors (Lipinski definition) is 2. The first-order valence-corrected chi connectivity index (χ1v) is 7.54. The van der Waals surface area contributed by atoms with Gasteiger partial charge in [-0.25, -0.2) is 0 Å². The standard InChI is InChI=1S/C17H19F3N2O2/c1-3-14(22-16(24)13-8-9-21-10(13)2)15(23)11-4-6-12(7-5-11)17(18,19)20/h4-9,14-15,21,23H,3H2,1-2H3,(H,22,24)/t14-,15+/m0/s1. The van der Waals surface area contributed by atoms with Gasteiger partial charge in [-0.15, -0.1) is 0 Å². The molecule has 2 atom stereocenters. The van der Waals surface area contributed by atoms with Crippen LogP contribution in [0.15, 0.2) is 36.5 Å². The summed E-state index contributed by atoms with van der Waals surface area (Å²) in [5.74, 6) is -0.341. The molecule has 0 aliphatic rings. The highest BCUT2D eigenvalue weighted by Gasteiger charge is 2.30. The summed E-state index contributed by atoms with van der Waals surface area (Å²) in [6, 6.07) is 5.31. The smallest absolute Gasteiger partial charge is 0.386 e. The fraction of sp³-hybridized carbons (Fsp3) is 0.353. The molecule has 2 aromatic rings. The number of aryl methyl sites for hydroxylation is 1. The number of H-pyrrole nitrogens is 1. The zero-order valence-electron chi connectivity index (χ0n) is 13.3. The molecule has 0 saturated carbocycles. The predicted molar refractivity (Wildman–Crippen MR) is 83.5 cm³/mol. The van der Waals surface area contributed by atoms with Crippen LogP contribution in [-0.4, -0.2) is 22.0 Å². The van der Waals surface area contributed by atoms with E-state index >= 15 is 0 Å². The zero-order valence-corrected chi connectivity index (χ0v) is 13.3. The van der Waals surface area contributed by atoms with Crippen LogP contribution in [0.1, 0.15) is 46.6 Å². The molecule has 0 bridgehead atoms. The Balaban J connectivity index is 2.12. The van der Waals surface area contributed by atoms with Crippen molar-refractivity contribution in [3.05, 3.63) is 58.9 Å². The highest BCUT2D eigenvalue weighted by Crippen LogP contribution is 2.30. The lowest BCUT2D eigenvalue weighted by atomic mass is 9.98. The lowest BCUT2D eigenvalue weighted by molar-refractivity contribution is -0.137. The van der Waals surface area contributed by atoms with Gasteiger partial charge < -0.3 is 15.4 Å². The van der Waals surface area contributed by atoms with E-state index in [0.717, 1.165) is 12.1 Å². The molecule has 7 heteroatoms. The van der Waals surface area contributed by atoms with Gasteiger partial charge >= 0.3 is 6.18 Å². The van der Waals surface area contributed by atoms with Crippen molar-refractivity contribution in [2.75, 3.05) is 0 Å². The summed E-state index contributed by atoms with van der Waals surface area (Å²) in [6.45, 7) is 3.53. The van der Waals surface area contributed by atoms with E-state index in [4.69, 9.17) is 0 Å². The second-order valence-electron chi connectivity index (χ2n) is 5.57. The number of amides is 1. The van der Waals surface area contributed by atoms with E-state index in [2.05, 4.69) is 10.3 Å². The summed E-state index contributed by atoms with van der Waals surface area (Å²) in [5.41, 5.74) is 0.707. The van der Waals surface area contributed by atoms with Gasteiger partial charge in [0.05, 0.1) is 23.3 Å². The monoisotopic (exact) mass is 340 g/mol. The average molecular weight is 340 g/mol. The van der Waals surface area contributed by atoms with E-state index in [1.54, 1.807) is 26.1 Å². The van der Waals surface area contributed by atoms with Gasteiger partial charge in [-0.1, -0.05) is 19.1 Å². The first-order chi connectivity index (χ1) is 11.2. The number of aromatic nitrogens is 1. The minimum atomic E-state index is -4.42. The van der Waals surface area contributed by atoms with Crippen molar-refractivity contribution in [2.24, 2.45) is 0 Å². The van der Waals surface area contributed by atoms with E-state index in [-0.39, 0.29) is 5.91 Å². The largest absolute Gasteiger partial charge is 0.416 e. The number of aromatic amines is 1. The van der Waals surface area contributed by atoms with Crippen molar-refractivity contribution in [3.63, 3.8) is 0 Å². The first kappa shape index (κ1) is 18.1. The van der Waals surface area contributed by atoms with Gasteiger partial charge in [0.25, 0.3) is 5.91 Å². The number of rotatable bonds is 5. The van der Waals surface area contributed by atoms with E-state index in [1.165, 1.54) is 12.1 Å². The number of aliphatic hydroxyl groups is 1. The SMILES string of the molecule is CC[C@H](NC(=O)c1cc[nH]c1C)[C@H](O)c1ccc(C(F)(F)F)cc1. The third-order valence-corrected chi connectivity index (χ3v) is 3.92. The fourth-order valence-corrected chi connectivity index (χ4v) is 2.45. The summed E-state index contributed by atoms with van der Waals surface area (Å²) >= 11 is 0. The summed E-state index contributed by atoms with van der Waals surface area (Å²) in [6.07, 6.45) is -3.46. The average Bonchev–Trinajstić information content (AvgIpc) is 2.97. The van der Waals surface area contributed by atoms with Crippen LogP contribution in [0.25, 0.3) is 0 Å². The molecule has 1 amide bonds. The summed E-state index contributed by atoms with van der Waals surface area (Å²) in [7, 11) is 0. The minimum absolute atomic E-state index is 0.320. The van der Waals surface area contributed by atoms with E-state index < -0.39 is 23.9 Å². The van der Waals surface area contributed by atoms with Crippen LogP contribution >= 0.6 is 0 Å². The molecule has 4 nitrogen and oxygen atoms in total. The number of carbonyl (C=O) groups excluding carboxylic acids is 1. The highest BCUT2D eigenvalue weighted by molar-refractivity contribution is 5.95. The van der Waals surface area contributed by atoms with Crippen molar-refractivity contribution in [2.45, 2.75) is 38.6 Å². The summed E-state index contributed by atoms with van der Waals surface area (Å²) < 4.78 is 37.8. The Morgan fingerprint density at radius 2 is 1.88 bits per heavy atom. The maximum atomic E-state index is 12.6. The van der Waals surface area contributed by atoms with Crippen LogP contribution in [0.3, 0.4) is 0 Å². The van der Waals surface area contributed by atoms with Crippen molar-refractivity contribution >= 4 is 5.91 Å². The number of nitrogens with one attached hydrogen (secondary N) is 2. The van der Waals surface area contributed by atoms with Gasteiger partial charge in [-0.2, -0.15) is 13.2 Å². The number of hydrogen-bond donors (Lipinski definition) is 3. The second kappa shape index (κ2) is 7.09. The van der Waals surface area contributed by atoms with Crippen molar-refractivity contribution in [1.82, 2.24) is 10.3 Å². The molecule has 0 aliphatic heterocycles. The fourth-order valence-electron chi connectivity index (χ4n) is 2.45. The maximum Gasteiger partial charge on any atom is 0.416 e. The van der Waals surface area contributed by atoms with E-state index in [0.29, 0.717) is 23.2 Å². The molecule has 0 spiro atoms. The molecule has 0 fully saturated rings.